The van der Waals surface area contributed by atoms with Gasteiger partial charge in [-0.2, -0.15) is 13.2 Å². The number of hydrogen-bond acceptors (Lipinski definition) is 4. The van der Waals surface area contributed by atoms with Gasteiger partial charge in [-0.15, -0.1) is 10.2 Å². The van der Waals surface area contributed by atoms with Crippen LogP contribution in [0.4, 0.5) is 13.2 Å². The van der Waals surface area contributed by atoms with E-state index in [2.05, 4.69) is 28.5 Å². The number of benzene rings is 3. The minimum Gasteiger partial charge on any atom is -0.437 e. The van der Waals surface area contributed by atoms with Crippen molar-refractivity contribution in [2.75, 3.05) is 0 Å². The highest BCUT2D eigenvalue weighted by molar-refractivity contribution is 6.08. The van der Waals surface area contributed by atoms with E-state index in [9.17, 15) is 18.0 Å². The van der Waals surface area contributed by atoms with E-state index in [0.29, 0.717) is 16.8 Å². The van der Waals surface area contributed by atoms with Crippen molar-refractivity contribution >= 4 is 16.8 Å². The molecule has 178 valence electrons. The molecular weight excluding hydrogens is 455 g/mol. The molecule has 1 amide bonds. The first kappa shape index (κ1) is 22.8. The molecule has 0 aliphatic heterocycles. The van der Waals surface area contributed by atoms with E-state index in [1.165, 1.54) is 17.7 Å². The van der Waals surface area contributed by atoms with Gasteiger partial charge in [-0.25, -0.2) is 0 Å². The first-order valence-corrected chi connectivity index (χ1v) is 11.3. The maximum Gasteiger partial charge on any atom is 0.416 e. The van der Waals surface area contributed by atoms with Crippen LogP contribution in [0, 0.1) is 0 Å². The molecule has 0 spiro atoms. The van der Waals surface area contributed by atoms with Gasteiger partial charge < -0.3 is 10.1 Å². The molecule has 0 bridgehead atoms. The standard InChI is InChI=1S/C27H22F3N3O2/c1-16-13-14-22(20-10-3-2-9-19(16)20)31-25(34)24-21-11-4-5-12-23(21)32-33-26(24)35-18-8-6-7-17(15-18)27(28,29)30/h2-12,15-16,22H,13-14H2,1H3,(H,31,34)/t16-,22+/m1/s1. The zero-order chi connectivity index (χ0) is 24.6. The minimum atomic E-state index is -4.53. The number of nitrogens with zero attached hydrogens (tertiary/aromatic N) is 2. The van der Waals surface area contributed by atoms with Crippen LogP contribution in [-0.4, -0.2) is 16.1 Å². The summed E-state index contributed by atoms with van der Waals surface area (Å²) in [5, 5.41) is 11.8. The third-order valence-electron chi connectivity index (χ3n) is 6.33. The molecule has 35 heavy (non-hydrogen) atoms. The zero-order valence-corrected chi connectivity index (χ0v) is 18.8. The monoisotopic (exact) mass is 477 g/mol. The number of ether oxygens (including phenoxy) is 1. The van der Waals surface area contributed by atoms with Gasteiger partial charge in [0.1, 0.15) is 11.3 Å². The molecule has 4 aromatic rings. The molecule has 5 nitrogen and oxygen atoms in total. The Morgan fingerprint density at radius 3 is 2.49 bits per heavy atom. The predicted octanol–water partition coefficient (Wildman–Crippen LogP) is 6.81. The Bertz CT molecular complexity index is 1400. The second-order valence-corrected chi connectivity index (χ2v) is 8.66. The summed E-state index contributed by atoms with van der Waals surface area (Å²) < 4.78 is 45.3. The lowest BCUT2D eigenvalue weighted by Crippen LogP contribution is -2.32. The van der Waals surface area contributed by atoms with Crippen molar-refractivity contribution < 1.29 is 22.7 Å². The second-order valence-electron chi connectivity index (χ2n) is 8.66. The van der Waals surface area contributed by atoms with Crippen LogP contribution in [-0.2, 0) is 6.18 Å². The van der Waals surface area contributed by atoms with E-state index in [1.54, 1.807) is 24.3 Å². The highest BCUT2D eigenvalue weighted by Gasteiger charge is 2.31. The fourth-order valence-electron chi connectivity index (χ4n) is 4.56. The molecule has 1 heterocycles. The van der Waals surface area contributed by atoms with Crippen molar-refractivity contribution in [3.63, 3.8) is 0 Å². The number of halogens is 3. The minimum absolute atomic E-state index is 0.0877. The van der Waals surface area contributed by atoms with E-state index in [4.69, 9.17) is 4.74 Å². The first-order chi connectivity index (χ1) is 16.8. The van der Waals surface area contributed by atoms with Crippen LogP contribution in [0.25, 0.3) is 10.9 Å². The molecule has 8 heteroatoms. The largest absolute Gasteiger partial charge is 0.437 e. The zero-order valence-electron chi connectivity index (χ0n) is 18.8. The summed E-state index contributed by atoms with van der Waals surface area (Å²) in [5.41, 5.74) is 2.01. The van der Waals surface area contributed by atoms with Crippen molar-refractivity contribution in [2.45, 2.75) is 37.9 Å². The number of hydrogen-bond donors (Lipinski definition) is 1. The van der Waals surface area contributed by atoms with Crippen molar-refractivity contribution in [3.8, 4) is 11.6 Å². The summed E-state index contributed by atoms with van der Waals surface area (Å²) in [5.74, 6) is -0.275. The van der Waals surface area contributed by atoms with Gasteiger partial charge in [-0.05, 0) is 54.2 Å². The maximum absolute atomic E-state index is 13.6. The number of carbonyl (C=O) groups is 1. The molecule has 1 aromatic heterocycles. The van der Waals surface area contributed by atoms with E-state index in [-0.39, 0.29) is 23.2 Å². The van der Waals surface area contributed by atoms with Crippen LogP contribution in [0.15, 0.2) is 72.8 Å². The van der Waals surface area contributed by atoms with Gasteiger partial charge in [0.2, 0.25) is 0 Å². The topological polar surface area (TPSA) is 64.1 Å². The molecule has 0 unspecified atom stereocenters. The number of carbonyl (C=O) groups excluding carboxylic acids is 1. The van der Waals surface area contributed by atoms with Crippen LogP contribution in [0.1, 0.15) is 58.8 Å². The number of rotatable bonds is 4. The van der Waals surface area contributed by atoms with E-state index < -0.39 is 17.6 Å². The molecule has 0 fully saturated rings. The fraction of sp³-hybridized carbons (Fsp3) is 0.222. The quantitative estimate of drug-likeness (QED) is 0.351. The Labute approximate surface area is 200 Å². The average Bonchev–Trinajstić information content (AvgIpc) is 2.85. The van der Waals surface area contributed by atoms with Crippen LogP contribution >= 0.6 is 0 Å². The molecule has 1 N–H and O–H groups in total. The average molecular weight is 477 g/mol. The van der Waals surface area contributed by atoms with Crippen molar-refractivity contribution in [2.24, 2.45) is 0 Å². The van der Waals surface area contributed by atoms with Gasteiger partial charge in [0, 0.05) is 5.39 Å². The molecule has 0 radical (unpaired) electrons. The highest BCUT2D eigenvalue weighted by atomic mass is 19.4. The van der Waals surface area contributed by atoms with Crippen LogP contribution in [0.5, 0.6) is 11.6 Å². The van der Waals surface area contributed by atoms with Crippen LogP contribution in [0.3, 0.4) is 0 Å². The Hall–Kier alpha value is -3.94. The van der Waals surface area contributed by atoms with Gasteiger partial charge in [-0.3, -0.25) is 4.79 Å². The van der Waals surface area contributed by atoms with E-state index in [1.807, 2.05) is 18.2 Å². The summed E-state index contributed by atoms with van der Waals surface area (Å²) in [6.07, 6.45) is -2.84. The first-order valence-electron chi connectivity index (χ1n) is 11.3. The number of fused-ring (bicyclic) bond motifs is 2. The van der Waals surface area contributed by atoms with Gasteiger partial charge in [0.15, 0.2) is 0 Å². The van der Waals surface area contributed by atoms with Crippen molar-refractivity contribution in [1.82, 2.24) is 15.5 Å². The summed E-state index contributed by atoms with van der Waals surface area (Å²) >= 11 is 0. The summed E-state index contributed by atoms with van der Waals surface area (Å²) in [4.78, 5) is 13.6. The molecule has 5 rings (SSSR count). The van der Waals surface area contributed by atoms with E-state index in [0.717, 1.165) is 30.5 Å². The Kier molecular flexibility index (Phi) is 5.88. The van der Waals surface area contributed by atoms with Crippen molar-refractivity contribution in [3.05, 3.63) is 95.1 Å². The van der Waals surface area contributed by atoms with E-state index >= 15 is 0 Å². The lowest BCUT2D eigenvalue weighted by molar-refractivity contribution is -0.137. The predicted molar refractivity (Wildman–Crippen MR) is 125 cm³/mol. The van der Waals surface area contributed by atoms with Crippen LogP contribution in [0.2, 0.25) is 0 Å². The van der Waals surface area contributed by atoms with Crippen molar-refractivity contribution in [1.29, 1.82) is 0 Å². The third kappa shape index (κ3) is 4.56. The van der Waals surface area contributed by atoms with Gasteiger partial charge in [0.05, 0.1) is 17.1 Å². The lowest BCUT2D eigenvalue weighted by atomic mass is 9.81. The molecule has 1 aliphatic rings. The molecule has 1 aliphatic carbocycles. The normalized spacial score (nSPS) is 17.6. The van der Waals surface area contributed by atoms with Gasteiger partial charge in [0.25, 0.3) is 11.8 Å². The Balaban J connectivity index is 1.53. The SMILES string of the molecule is C[C@@H]1CC[C@H](NC(=O)c2c(Oc3cccc(C(F)(F)F)c3)nnc3ccccc23)c2ccccc21. The van der Waals surface area contributed by atoms with Crippen LogP contribution < -0.4 is 10.1 Å². The smallest absolute Gasteiger partial charge is 0.416 e. The second kappa shape index (κ2) is 9.02. The number of aromatic nitrogens is 2. The molecule has 0 saturated heterocycles. The molecular formula is C27H22F3N3O2. The molecule has 0 saturated carbocycles. The van der Waals surface area contributed by atoms with Gasteiger partial charge >= 0.3 is 6.18 Å². The Morgan fingerprint density at radius 2 is 1.69 bits per heavy atom. The number of nitrogens with one attached hydrogen (secondary N) is 1. The summed E-state index contributed by atoms with van der Waals surface area (Å²) in [6.45, 7) is 2.16. The third-order valence-corrected chi connectivity index (χ3v) is 6.33. The lowest BCUT2D eigenvalue weighted by Gasteiger charge is -2.30. The fourth-order valence-corrected chi connectivity index (χ4v) is 4.56. The number of amides is 1. The highest BCUT2D eigenvalue weighted by Crippen LogP contribution is 2.38. The number of alkyl halides is 3. The summed E-state index contributed by atoms with van der Waals surface area (Å²) in [6, 6.07) is 19.2. The summed E-state index contributed by atoms with van der Waals surface area (Å²) in [7, 11) is 0. The van der Waals surface area contributed by atoms with Gasteiger partial charge in [-0.1, -0.05) is 55.5 Å². The Morgan fingerprint density at radius 1 is 0.943 bits per heavy atom. The maximum atomic E-state index is 13.6. The molecule has 3 aromatic carbocycles. The molecule has 2 atom stereocenters.